The number of rotatable bonds is 3. The summed E-state index contributed by atoms with van der Waals surface area (Å²) in [6.07, 6.45) is 1.99. The second-order valence-electron chi connectivity index (χ2n) is 3.80. The predicted molar refractivity (Wildman–Crippen MR) is 53.2 cm³/mol. The van der Waals surface area contributed by atoms with Crippen LogP contribution in [0.4, 0.5) is 0 Å². The van der Waals surface area contributed by atoms with Gasteiger partial charge in [-0.2, -0.15) is 0 Å². The molecular formula is C9H19N3O2. The standard InChI is InChI=1S/C9H19N3O2/c1-7-8(13)3-2-5-12(7)6-4-9(14)11-10/h7-8,13H,2-6,10H2,1H3,(H,11,14). The van der Waals surface area contributed by atoms with Crippen LogP contribution in [0.3, 0.4) is 0 Å². The van der Waals surface area contributed by atoms with Gasteiger partial charge >= 0.3 is 0 Å². The first-order valence-electron chi connectivity index (χ1n) is 5.06. The Hall–Kier alpha value is -0.650. The summed E-state index contributed by atoms with van der Waals surface area (Å²) in [5.74, 6) is 4.83. The maximum absolute atomic E-state index is 10.9. The largest absolute Gasteiger partial charge is 0.392 e. The fraction of sp³-hybridized carbons (Fsp3) is 0.889. The zero-order valence-electron chi connectivity index (χ0n) is 8.57. The van der Waals surface area contributed by atoms with E-state index in [9.17, 15) is 9.90 Å². The molecule has 1 aliphatic rings. The van der Waals surface area contributed by atoms with E-state index in [2.05, 4.69) is 10.3 Å². The lowest BCUT2D eigenvalue weighted by Gasteiger charge is -2.36. The number of likely N-dealkylation sites (tertiary alicyclic amines) is 1. The van der Waals surface area contributed by atoms with Crippen molar-refractivity contribution in [1.82, 2.24) is 10.3 Å². The molecule has 0 aromatic rings. The minimum atomic E-state index is -0.260. The quantitative estimate of drug-likeness (QED) is 0.318. The molecule has 0 saturated carbocycles. The molecular weight excluding hydrogens is 182 g/mol. The summed E-state index contributed by atoms with van der Waals surface area (Å²) < 4.78 is 0. The van der Waals surface area contributed by atoms with Crippen LogP contribution < -0.4 is 11.3 Å². The molecule has 2 unspecified atom stereocenters. The number of nitrogens with zero attached hydrogens (tertiary/aromatic N) is 1. The van der Waals surface area contributed by atoms with E-state index in [0.29, 0.717) is 13.0 Å². The average Bonchev–Trinajstić information content (AvgIpc) is 2.20. The van der Waals surface area contributed by atoms with Gasteiger partial charge in [0.25, 0.3) is 0 Å². The second kappa shape index (κ2) is 5.29. The van der Waals surface area contributed by atoms with E-state index in [-0.39, 0.29) is 18.1 Å². The molecule has 2 atom stereocenters. The summed E-state index contributed by atoms with van der Waals surface area (Å²) in [6.45, 7) is 3.61. The third kappa shape index (κ3) is 2.94. The van der Waals surface area contributed by atoms with Crippen LogP contribution in [0.2, 0.25) is 0 Å². The van der Waals surface area contributed by atoms with Crippen molar-refractivity contribution in [2.24, 2.45) is 5.84 Å². The molecule has 4 N–H and O–H groups in total. The minimum absolute atomic E-state index is 0.148. The molecule has 0 aliphatic carbocycles. The first-order chi connectivity index (χ1) is 6.65. The lowest BCUT2D eigenvalue weighted by atomic mass is 10.0. The number of nitrogens with one attached hydrogen (secondary N) is 1. The third-order valence-electron chi connectivity index (χ3n) is 2.87. The molecule has 0 radical (unpaired) electrons. The van der Waals surface area contributed by atoms with E-state index >= 15 is 0 Å². The number of hydrazine groups is 1. The Morgan fingerprint density at radius 1 is 1.71 bits per heavy atom. The molecule has 0 spiro atoms. The molecule has 1 heterocycles. The first kappa shape index (κ1) is 11.4. The molecule has 1 rings (SSSR count). The summed E-state index contributed by atoms with van der Waals surface area (Å²) in [5, 5.41) is 9.60. The van der Waals surface area contributed by atoms with Crippen LogP contribution in [0, 0.1) is 0 Å². The Balaban J connectivity index is 2.32. The van der Waals surface area contributed by atoms with Crippen molar-refractivity contribution in [1.29, 1.82) is 0 Å². The minimum Gasteiger partial charge on any atom is -0.392 e. The molecule has 0 aromatic carbocycles. The Kier molecular flexibility index (Phi) is 4.31. The predicted octanol–water partition coefficient (Wildman–Crippen LogP) is -0.788. The third-order valence-corrected chi connectivity index (χ3v) is 2.87. The summed E-state index contributed by atoms with van der Waals surface area (Å²) >= 11 is 0. The molecule has 0 aromatic heterocycles. The molecule has 82 valence electrons. The van der Waals surface area contributed by atoms with Gasteiger partial charge in [0.15, 0.2) is 0 Å². The first-order valence-corrected chi connectivity index (χ1v) is 5.06. The number of hydrogen-bond donors (Lipinski definition) is 3. The summed E-state index contributed by atoms with van der Waals surface area (Å²) in [6, 6.07) is 0.148. The molecule has 1 amide bonds. The summed E-state index contributed by atoms with van der Waals surface area (Å²) in [4.78, 5) is 13.0. The van der Waals surface area contributed by atoms with Gasteiger partial charge in [-0.25, -0.2) is 5.84 Å². The van der Waals surface area contributed by atoms with Crippen LogP contribution >= 0.6 is 0 Å². The molecule has 1 saturated heterocycles. The number of amides is 1. The molecule has 0 bridgehead atoms. The SMILES string of the molecule is CC1C(O)CCCN1CCC(=O)NN. The van der Waals surface area contributed by atoms with Gasteiger partial charge in [0.2, 0.25) is 5.91 Å². The average molecular weight is 201 g/mol. The lowest BCUT2D eigenvalue weighted by molar-refractivity contribution is -0.121. The fourth-order valence-electron chi connectivity index (χ4n) is 1.82. The molecule has 1 fully saturated rings. The van der Waals surface area contributed by atoms with Gasteiger partial charge in [-0.1, -0.05) is 0 Å². The number of piperidine rings is 1. The van der Waals surface area contributed by atoms with Crippen LogP contribution in [-0.2, 0) is 4.79 Å². The normalized spacial score (nSPS) is 28.8. The number of hydrogen-bond acceptors (Lipinski definition) is 4. The molecule has 1 aliphatic heterocycles. The van der Waals surface area contributed by atoms with Crippen molar-refractivity contribution >= 4 is 5.91 Å². The monoisotopic (exact) mass is 201 g/mol. The van der Waals surface area contributed by atoms with Crippen molar-refractivity contribution in [3.63, 3.8) is 0 Å². The Labute approximate surface area is 84.2 Å². The van der Waals surface area contributed by atoms with Crippen molar-refractivity contribution in [2.75, 3.05) is 13.1 Å². The number of carbonyl (C=O) groups is 1. The molecule has 5 heteroatoms. The highest BCUT2D eigenvalue weighted by Gasteiger charge is 2.25. The number of nitrogens with two attached hydrogens (primary N) is 1. The number of carbonyl (C=O) groups excluding carboxylic acids is 1. The summed E-state index contributed by atoms with van der Waals surface area (Å²) in [7, 11) is 0. The van der Waals surface area contributed by atoms with Crippen molar-refractivity contribution in [3.05, 3.63) is 0 Å². The van der Waals surface area contributed by atoms with Gasteiger partial charge in [-0.15, -0.1) is 0 Å². The van der Waals surface area contributed by atoms with E-state index in [1.54, 1.807) is 0 Å². The maximum atomic E-state index is 10.9. The van der Waals surface area contributed by atoms with Crippen molar-refractivity contribution in [3.8, 4) is 0 Å². The smallest absolute Gasteiger partial charge is 0.235 e. The fourth-order valence-corrected chi connectivity index (χ4v) is 1.82. The van der Waals surface area contributed by atoms with E-state index < -0.39 is 0 Å². The van der Waals surface area contributed by atoms with Gasteiger partial charge in [0, 0.05) is 19.0 Å². The highest BCUT2D eigenvalue weighted by molar-refractivity contribution is 5.75. The highest BCUT2D eigenvalue weighted by Crippen LogP contribution is 2.17. The Morgan fingerprint density at radius 2 is 2.43 bits per heavy atom. The van der Waals surface area contributed by atoms with Gasteiger partial charge < -0.3 is 5.11 Å². The van der Waals surface area contributed by atoms with Crippen LogP contribution in [0.25, 0.3) is 0 Å². The molecule has 5 nitrogen and oxygen atoms in total. The van der Waals surface area contributed by atoms with Crippen LogP contribution in [-0.4, -0.2) is 41.1 Å². The number of aliphatic hydroxyl groups is 1. The van der Waals surface area contributed by atoms with Gasteiger partial charge in [0.05, 0.1) is 6.10 Å². The van der Waals surface area contributed by atoms with Crippen molar-refractivity contribution < 1.29 is 9.90 Å². The zero-order valence-corrected chi connectivity index (χ0v) is 8.57. The molecule has 14 heavy (non-hydrogen) atoms. The summed E-state index contributed by atoms with van der Waals surface area (Å²) in [5.41, 5.74) is 2.10. The van der Waals surface area contributed by atoms with Gasteiger partial charge in [-0.05, 0) is 26.3 Å². The Bertz CT molecular complexity index is 198. The number of aliphatic hydroxyl groups excluding tert-OH is 1. The van der Waals surface area contributed by atoms with E-state index in [1.165, 1.54) is 0 Å². The highest BCUT2D eigenvalue weighted by atomic mass is 16.3. The van der Waals surface area contributed by atoms with Gasteiger partial charge in [0.1, 0.15) is 0 Å². The maximum Gasteiger partial charge on any atom is 0.235 e. The van der Waals surface area contributed by atoms with E-state index in [1.807, 2.05) is 6.92 Å². The Morgan fingerprint density at radius 3 is 3.07 bits per heavy atom. The van der Waals surface area contributed by atoms with Crippen LogP contribution in [0.15, 0.2) is 0 Å². The van der Waals surface area contributed by atoms with Crippen molar-refractivity contribution in [2.45, 2.75) is 38.3 Å². The topological polar surface area (TPSA) is 78.6 Å². The second-order valence-corrected chi connectivity index (χ2v) is 3.80. The zero-order chi connectivity index (χ0) is 10.6. The van der Waals surface area contributed by atoms with Crippen LogP contribution in [0.1, 0.15) is 26.2 Å². The van der Waals surface area contributed by atoms with E-state index in [4.69, 9.17) is 5.84 Å². The lowest BCUT2D eigenvalue weighted by Crippen LogP contribution is -2.47. The van der Waals surface area contributed by atoms with E-state index in [0.717, 1.165) is 19.4 Å². The van der Waals surface area contributed by atoms with Gasteiger partial charge in [-0.3, -0.25) is 15.1 Å². The van der Waals surface area contributed by atoms with Crippen LogP contribution in [0.5, 0.6) is 0 Å².